The van der Waals surface area contributed by atoms with Crippen LogP contribution in [0.4, 0.5) is 0 Å². The van der Waals surface area contributed by atoms with Gasteiger partial charge in [0.15, 0.2) is 0 Å². The van der Waals surface area contributed by atoms with Gasteiger partial charge in [0.25, 0.3) is 0 Å². The lowest BCUT2D eigenvalue weighted by Crippen LogP contribution is -1.91. The molecule has 0 bridgehead atoms. The molecule has 0 aliphatic rings. The molecule has 0 spiro atoms. The molecule has 0 atom stereocenters. The summed E-state index contributed by atoms with van der Waals surface area (Å²) in [6.07, 6.45) is 0. The average Bonchev–Trinajstić information content (AvgIpc) is 2.71. The summed E-state index contributed by atoms with van der Waals surface area (Å²) in [5, 5.41) is 2.61. The molecule has 0 fully saturated rings. The van der Waals surface area contributed by atoms with E-state index in [1.807, 2.05) is 31.3 Å². The fraction of sp³-hybridized carbons (Fsp3) is 0.0667. The van der Waals surface area contributed by atoms with Crippen LogP contribution in [0.5, 0.6) is 0 Å². The zero-order valence-electron chi connectivity index (χ0n) is 9.82. The number of aromatic nitrogens is 1. The van der Waals surface area contributed by atoms with Crippen molar-refractivity contribution in [3.05, 3.63) is 58.6 Å². The highest BCUT2D eigenvalue weighted by Gasteiger charge is 2.10. The molecule has 18 heavy (non-hydrogen) atoms. The number of hydrogen-bond donors (Lipinski definition) is 0. The predicted molar refractivity (Wildman–Crippen MR) is 78.4 cm³/mol. The first kappa shape index (κ1) is 11.6. The van der Waals surface area contributed by atoms with Gasteiger partial charge in [-0.3, -0.25) is 0 Å². The number of nitrogens with zero attached hydrogens (tertiary/aromatic N) is 1. The summed E-state index contributed by atoms with van der Waals surface area (Å²) in [7, 11) is 2.04. The highest BCUT2D eigenvalue weighted by Crippen LogP contribution is 2.33. The molecule has 0 unspecified atom stereocenters. The number of para-hydroxylation sites is 1. The molecule has 2 aromatic carbocycles. The molecule has 1 aromatic heterocycles. The van der Waals surface area contributed by atoms with Crippen molar-refractivity contribution in [1.82, 2.24) is 4.57 Å². The Hall–Kier alpha value is -1.44. The molecule has 0 saturated carbocycles. The maximum absolute atomic E-state index is 6.26. The lowest BCUT2D eigenvalue weighted by atomic mass is 10.1. The standard InChI is InChI=1S/C15H11Cl2N/c1-18-14-5-3-2-4-10(14)8-15(18)12-9-11(16)6-7-13(12)17/h2-9H,1H3. The smallest absolute Gasteiger partial charge is 0.0504 e. The van der Waals surface area contributed by atoms with Crippen molar-refractivity contribution in [3.8, 4) is 11.3 Å². The maximum Gasteiger partial charge on any atom is 0.0504 e. The summed E-state index contributed by atoms with van der Waals surface area (Å²) in [6.45, 7) is 0. The zero-order valence-corrected chi connectivity index (χ0v) is 11.3. The van der Waals surface area contributed by atoms with E-state index in [1.54, 1.807) is 6.07 Å². The van der Waals surface area contributed by atoms with E-state index in [0.29, 0.717) is 10.0 Å². The molecule has 1 heterocycles. The third-order valence-corrected chi connectivity index (χ3v) is 3.72. The Labute approximate surface area is 116 Å². The van der Waals surface area contributed by atoms with Gasteiger partial charge >= 0.3 is 0 Å². The summed E-state index contributed by atoms with van der Waals surface area (Å²) >= 11 is 12.3. The topological polar surface area (TPSA) is 4.93 Å². The molecule has 0 saturated heterocycles. The molecule has 3 heteroatoms. The van der Waals surface area contributed by atoms with Crippen LogP contribution < -0.4 is 0 Å². The first-order valence-corrected chi connectivity index (χ1v) is 6.42. The Morgan fingerprint density at radius 1 is 0.944 bits per heavy atom. The van der Waals surface area contributed by atoms with Gasteiger partial charge in [-0.2, -0.15) is 0 Å². The molecule has 90 valence electrons. The number of rotatable bonds is 1. The third-order valence-electron chi connectivity index (χ3n) is 3.16. The van der Waals surface area contributed by atoms with Gasteiger partial charge in [-0.1, -0.05) is 41.4 Å². The van der Waals surface area contributed by atoms with E-state index < -0.39 is 0 Å². The van der Waals surface area contributed by atoms with Crippen molar-refractivity contribution in [1.29, 1.82) is 0 Å². The van der Waals surface area contributed by atoms with Gasteiger partial charge < -0.3 is 4.57 Å². The van der Waals surface area contributed by atoms with E-state index in [2.05, 4.69) is 22.8 Å². The van der Waals surface area contributed by atoms with Crippen LogP contribution in [0.25, 0.3) is 22.2 Å². The Kier molecular flexibility index (Phi) is 2.81. The molecule has 3 aromatic rings. The van der Waals surface area contributed by atoms with Crippen molar-refractivity contribution >= 4 is 34.1 Å². The van der Waals surface area contributed by atoms with Crippen molar-refractivity contribution < 1.29 is 0 Å². The van der Waals surface area contributed by atoms with Crippen LogP contribution in [0.2, 0.25) is 10.0 Å². The predicted octanol–water partition coefficient (Wildman–Crippen LogP) is 5.15. The van der Waals surface area contributed by atoms with Crippen LogP contribution in [0.1, 0.15) is 0 Å². The quantitative estimate of drug-likeness (QED) is 0.579. The molecule has 0 N–H and O–H groups in total. The number of hydrogen-bond acceptors (Lipinski definition) is 0. The molecule has 0 aliphatic heterocycles. The molecule has 0 amide bonds. The lowest BCUT2D eigenvalue weighted by molar-refractivity contribution is 0.978. The van der Waals surface area contributed by atoms with Crippen LogP contribution >= 0.6 is 23.2 Å². The van der Waals surface area contributed by atoms with Gasteiger partial charge in [0.2, 0.25) is 0 Å². The first-order valence-electron chi connectivity index (χ1n) is 5.67. The fourth-order valence-electron chi connectivity index (χ4n) is 2.24. The number of benzene rings is 2. The third kappa shape index (κ3) is 1.80. The second kappa shape index (κ2) is 4.34. The van der Waals surface area contributed by atoms with Gasteiger partial charge in [0, 0.05) is 33.6 Å². The fourth-order valence-corrected chi connectivity index (χ4v) is 2.63. The summed E-state index contributed by atoms with van der Waals surface area (Å²) in [6, 6.07) is 15.9. The van der Waals surface area contributed by atoms with E-state index in [4.69, 9.17) is 23.2 Å². The molecular formula is C15H11Cl2N. The van der Waals surface area contributed by atoms with Crippen LogP contribution in [-0.2, 0) is 7.05 Å². The minimum absolute atomic E-state index is 0.694. The molecule has 1 nitrogen and oxygen atoms in total. The number of fused-ring (bicyclic) bond motifs is 1. The number of aryl methyl sites for hydroxylation is 1. The Morgan fingerprint density at radius 2 is 1.72 bits per heavy atom. The molecule has 0 aliphatic carbocycles. The minimum Gasteiger partial charge on any atom is -0.344 e. The van der Waals surface area contributed by atoms with Gasteiger partial charge in [0.1, 0.15) is 0 Å². The summed E-state index contributed by atoms with van der Waals surface area (Å²) in [5.74, 6) is 0. The highest BCUT2D eigenvalue weighted by atomic mass is 35.5. The van der Waals surface area contributed by atoms with E-state index >= 15 is 0 Å². The second-order valence-electron chi connectivity index (χ2n) is 4.27. The van der Waals surface area contributed by atoms with Crippen LogP contribution in [0, 0.1) is 0 Å². The minimum atomic E-state index is 0.694. The summed E-state index contributed by atoms with van der Waals surface area (Å²) < 4.78 is 2.13. The molecule has 0 radical (unpaired) electrons. The molecule has 3 rings (SSSR count). The van der Waals surface area contributed by atoms with Crippen LogP contribution in [0.3, 0.4) is 0 Å². The molecular weight excluding hydrogens is 265 g/mol. The highest BCUT2D eigenvalue weighted by molar-refractivity contribution is 6.35. The lowest BCUT2D eigenvalue weighted by Gasteiger charge is -2.07. The van der Waals surface area contributed by atoms with Gasteiger partial charge in [-0.05, 0) is 30.3 Å². The second-order valence-corrected chi connectivity index (χ2v) is 5.12. The van der Waals surface area contributed by atoms with E-state index in [-0.39, 0.29) is 0 Å². The summed E-state index contributed by atoms with van der Waals surface area (Å²) in [4.78, 5) is 0. The Balaban J connectivity index is 2.31. The van der Waals surface area contributed by atoms with Crippen LogP contribution in [0.15, 0.2) is 48.5 Å². The van der Waals surface area contributed by atoms with Crippen molar-refractivity contribution in [2.75, 3.05) is 0 Å². The Morgan fingerprint density at radius 3 is 2.50 bits per heavy atom. The average molecular weight is 276 g/mol. The van der Waals surface area contributed by atoms with Gasteiger partial charge in [-0.25, -0.2) is 0 Å². The SMILES string of the molecule is Cn1c(-c2cc(Cl)ccc2Cl)cc2ccccc21. The normalized spacial score (nSPS) is 11.1. The van der Waals surface area contributed by atoms with Gasteiger partial charge in [0.05, 0.1) is 5.69 Å². The summed E-state index contributed by atoms with van der Waals surface area (Å²) in [5.41, 5.74) is 3.22. The monoisotopic (exact) mass is 275 g/mol. The zero-order chi connectivity index (χ0) is 12.7. The van der Waals surface area contributed by atoms with Crippen molar-refractivity contribution in [2.45, 2.75) is 0 Å². The number of halogens is 2. The first-order chi connectivity index (χ1) is 8.66. The van der Waals surface area contributed by atoms with E-state index in [0.717, 1.165) is 11.3 Å². The maximum atomic E-state index is 6.26. The van der Waals surface area contributed by atoms with E-state index in [9.17, 15) is 0 Å². The van der Waals surface area contributed by atoms with Crippen molar-refractivity contribution in [2.24, 2.45) is 7.05 Å². The van der Waals surface area contributed by atoms with Crippen LogP contribution in [-0.4, -0.2) is 4.57 Å². The van der Waals surface area contributed by atoms with Crippen molar-refractivity contribution in [3.63, 3.8) is 0 Å². The largest absolute Gasteiger partial charge is 0.344 e. The van der Waals surface area contributed by atoms with E-state index in [1.165, 1.54) is 10.9 Å². The Bertz CT molecular complexity index is 728. The van der Waals surface area contributed by atoms with Gasteiger partial charge in [-0.15, -0.1) is 0 Å².